The van der Waals surface area contributed by atoms with E-state index in [1.165, 1.54) is 23.3 Å². The fourth-order valence-electron chi connectivity index (χ4n) is 4.90. The fourth-order valence-corrected chi connectivity index (χ4v) is 5.75. The topological polar surface area (TPSA) is 143 Å². The Morgan fingerprint density at radius 2 is 1.90 bits per heavy atom. The summed E-state index contributed by atoms with van der Waals surface area (Å²) in [5.41, 5.74) is 1.91. The number of methoxy groups -OCH3 is 1. The third-order valence-electron chi connectivity index (χ3n) is 7.09. The monoisotopic (exact) mass is 583 g/mol. The highest BCUT2D eigenvalue weighted by molar-refractivity contribution is 7.14. The van der Waals surface area contributed by atoms with Gasteiger partial charge in [0, 0.05) is 54.7 Å². The number of carboxylic acid groups (broad SMARTS) is 1. The third kappa shape index (κ3) is 6.87. The van der Waals surface area contributed by atoms with E-state index in [2.05, 4.69) is 15.6 Å². The number of pyridine rings is 1. The number of fused-ring (bicyclic) bond motifs is 1. The minimum atomic E-state index is -1.11. The van der Waals surface area contributed by atoms with Crippen molar-refractivity contribution in [2.75, 3.05) is 26.0 Å². The fraction of sp³-hybridized carbons (Fsp3) is 0.483. The van der Waals surface area contributed by atoms with Crippen molar-refractivity contribution >= 4 is 45.2 Å². The number of benzene rings is 1. The summed E-state index contributed by atoms with van der Waals surface area (Å²) in [6.07, 6.45) is -0.481. The number of aliphatic carboxylic acids is 1. The maximum Gasteiger partial charge on any atom is 0.326 e. The van der Waals surface area contributed by atoms with Gasteiger partial charge in [-0.1, -0.05) is 13.8 Å². The zero-order valence-electron chi connectivity index (χ0n) is 24.1. The van der Waals surface area contributed by atoms with Gasteiger partial charge in [0.25, 0.3) is 0 Å². The predicted molar refractivity (Wildman–Crippen MR) is 157 cm³/mol. The molecule has 220 valence electrons. The van der Waals surface area contributed by atoms with E-state index in [1.54, 1.807) is 19.2 Å². The van der Waals surface area contributed by atoms with Crippen LogP contribution in [0.4, 0.5) is 5.13 Å². The summed E-state index contributed by atoms with van der Waals surface area (Å²) in [5, 5.41) is 19.2. The first-order valence-corrected chi connectivity index (χ1v) is 14.5. The summed E-state index contributed by atoms with van der Waals surface area (Å²) >= 11 is 1.48. The highest BCUT2D eigenvalue weighted by atomic mass is 32.1. The molecule has 1 fully saturated rings. The van der Waals surface area contributed by atoms with E-state index in [0.717, 1.165) is 10.5 Å². The second-order valence-corrected chi connectivity index (χ2v) is 11.6. The molecule has 2 amide bonds. The van der Waals surface area contributed by atoms with Crippen molar-refractivity contribution in [3.63, 3.8) is 0 Å². The Morgan fingerprint density at radius 3 is 2.54 bits per heavy atom. The maximum absolute atomic E-state index is 13.5. The Labute approximate surface area is 243 Å². The highest BCUT2D eigenvalue weighted by Crippen LogP contribution is 2.36. The average molecular weight is 584 g/mol. The Balaban J connectivity index is 1.66. The van der Waals surface area contributed by atoms with Crippen LogP contribution in [-0.2, 0) is 14.4 Å². The minimum Gasteiger partial charge on any atom is -0.497 e. The Morgan fingerprint density at radius 1 is 1.15 bits per heavy atom. The lowest BCUT2D eigenvalue weighted by atomic mass is 9.90. The van der Waals surface area contributed by atoms with Crippen molar-refractivity contribution in [1.29, 1.82) is 0 Å². The van der Waals surface area contributed by atoms with Crippen LogP contribution in [-0.4, -0.2) is 76.6 Å². The minimum absolute atomic E-state index is 0.0111. The number of nitrogens with zero attached hydrogens (tertiary/aromatic N) is 3. The smallest absolute Gasteiger partial charge is 0.326 e. The molecule has 3 aromatic rings. The van der Waals surface area contributed by atoms with Crippen molar-refractivity contribution in [1.82, 2.24) is 20.2 Å². The molecule has 41 heavy (non-hydrogen) atoms. The summed E-state index contributed by atoms with van der Waals surface area (Å²) in [5.74, 6) is -1.39. The number of anilines is 1. The summed E-state index contributed by atoms with van der Waals surface area (Å²) in [7, 11) is 3.09. The molecule has 1 aromatic carbocycles. The first kappa shape index (κ1) is 30.0. The van der Waals surface area contributed by atoms with Crippen molar-refractivity contribution in [2.24, 2.45) is 11.8 Å². The van der Waals surface area contributed by atoms with Crippen molar-refractivity contribution in [3.05, 3.63) is 29.6 Å². The van der Waals surface area contributed by atoms with E-state index in [9.17, 15) is 19.5 Å². The van der Waals surface area contributed by atoms with Gasteiger partial charge >= 0.3 is 5.97 Å². The van der Waals surface area contributed by atoms with Gasteiger partial charge in [-0.25, -0.2) is 14.8 Å². The van der Waals surface area contributed by atoms with Gasteiger partial charge in [-0.15, -0.1) is 11.3 Å². The molecule has 3 N–H and O–H groups in total. The number of thiazole rings is 1. The quantitative estimate of drug-likeness (QED) is 0.305. The molecular weight excluding hydrogens is 546 g/mol. The van der Waals surface area contributed by atoms with Crippen LogP contribution in [0.15, 0.2) is 29.6 Å². The molecule has 0 saturated carbocycles. The standard InChI is InChI=1S/C29H37N5O6S/c1-15(2)20(11-26(35)30-5)27(36)34-13-18(10-24(34)28(37)38)40-25-12-22(23-14-41-29(33-23)31-16(3)4)32-21-9-17(39-6)7-8-19(21)25/h7-9,12,14-16,18,20,24H,10-11,13H2,1-6H3,(H,30,35)(H,31,33)(H,37,38)/t18-,20?,24+/m1/s1. The zero-order chi connectivity index (χ0) is 29.8. The number of amides is 2. The number of likely N-dealkylation sites (tertiary alicyclic amines) is 1. The normalized spacial score (nSPS) is 17.6. The van der Waals surface area contributed by atoms with Gasteiger partial charge in [-0.05, 0) is 31.9 Å². The number of aromatic nitrogens is 2. The van der Waals surface area contributed by atoms with Crippen molar-refractivity contribution in [3.8, 4) is 22.9 Å². The van der Waals surface area contributed by atoms with E-state index in [4.69, 9.17) is 14.5 Å². The van der Waals surface area contributed by atoms with Gasteiger partial charge < -0.3 is 30.1 Å². The lowest BCUT2D eigenvalue weighted by molar-refractivity contribution is -0.151. The molecule has 12 heteroatoms. The first-order chi connectivity index (χ1) is 19.5. The number of hydrogen-bond donors (Lipinski definition) is 3. The summed E-state index contributed by atoms with van der Waals surface area (Å²) < 4.78 is 11.8. The SMILES string of the molecule is CNC(=O)CC(C(=O)N1C[C@H](Oc2cc(-c3csc(NC(C)C)n3)nc3cc(OC)ccc23)C[C@H]1C(=O)O)C(C)C. The van der Waals surface area contributed by atoms with Crippen LogP contribution in [0.3, 0.4) is 0 Å². The van der Waals surface area contributed by atoms with Gasteiger partial charge in [0.1, 0.15) is 29.3 Å². The van der Waals surface area contributed by atoms with Gasteiger partial charge in [0.05, 0.1) is 24.9 Å². The van der Waals surface area contributed by atoms with E-state index in [-0.39, 0.29) is 43.2 Å². The van der Waals surface area contributed by atoms with Crippen LogP contribution in [0.25, 0.3) is 22.3 Å². The second-order valence-electron chi connectivity index (χ2n) is 10.8. The average Bonchev–Trinajstić information content (AvgIpc) is 3.57. The first-order valence-electron chi connectivity index (χ1n) is 13.6. The summed E-state index contributed by atoms with van der Waals surface area (Å²) in [4.78, 5) is 48.7. The Hall–Kier alpha value is -3.93. The van der Waals surface area contributed by atoms with Crippen LogP contribution < -0.4 is 20.1 Å². The third-order valence-corrected chi connectivity index (χ3v) is 7.86. The number of carbonyl (C=O) groups excluding carboxylic acids is 2. The van der Waals surface area contributed by atoms with E-state index >= 15 is 0 Å². The number of carboxylic acids is 1. The highest BCUT2D eigenvalue weighted by Gasteiger charge is 2.43. The van der Waals surface area contributed by atoms with Crippen LogP contribution >= 0.6 is 11.3 Å². The summed E-state index contributed by atoms with van der Waals surface area (Å²) in [6.45, 7) is 7.86. The molecule has 1 aliphatic rings. The molecule has 0 spiro atoms. The summed E-state index contributed by atoms with van der Waals surface area (Å²) in [6, 6.07) is 6.42. The molecular formula is C29H37N5O6S. The number of ether oxygens (including phenoxy) is 2. The van der Waals surface area contributed by atoms with Gasteiger partial charge in [0.15, 0.2) is 5.13 Å². The number of hydrogen-bond acceptors (Lipinski definition) is 9. The number of nitrogens with one attached hydrogen (secondary N) is 2. The molecule has 1 unspecified atom stereocenters. The van der Waals surface area contributed by atoms with Crippen molar-refractivity contribution in [2.45, 2.75) is 58.7 Å². The number of rotatable bonds is 11. The molecule has 0 aliphatic carbocycles. The van der Waals surface area contributed by atoms with E-state index < -0.39 is 24.0 Å². The van der Waals surface area contributed by atoms with Gasteiger partial charge in [-0.3, -0.25) is 9.59 Å². The van der Waals surface area contributed by atoms with Crippen molar-refractivity contribution < 1.29 is 29.0 Å². The van der Waals surface area contributed by atoms with Crippen LogP contribution in [0.5, 0.6) is 11.5 Å². The van der Waals surface area contributed by atoms with Crippen LogP contribution in [0.2, 0.25) is 0 Å². The van der Waals surface area contributed by atoms with Crippen LogP contribution in [0, 0.1) is 11.8 Å². The maximum atomic E-state index is 13.5. The lowest BCUT2D eigenvalue weighted by Gasteiger charge is -2.28. The molecule has 4 rings (SSSR count). The lowest BCUT2D eigenvalue weighted by Crippen LogP contribution is -2.46. The zero-order valence-corrected chi connectivity index (χ0v) is 24.9. The molecule has 2 aromatic heterocycles. The Bertz CT molecular complexity index is 1420. The molecule has 11 nitrogen and oxygen atoms in total. The van der Waals surface area contributed by atoms with Gasteiger partial charge in [-0.2, -0.15) is 0 Å². The molecule has 3 heterocycles. The second kappa shape index (κ2) is 12.7. The predicted octanol–water partition coefficient (Wildman–Crippen LogP) is 4.03. The molecule has 0 bridgehead atoms. The van der Waals surface area contributed by atoms with Crippen LogP contribution in [0.1, 0.15) is 40.5 Å². The largest absolute Gasteiger partial charge is 0.497 e. The molecule has 1 aliphatic heterocycles. The molecule has 1 saturated heterocycles. The molecule has 0 radical (unpaired) electrons. The van der Waals surface area contributed by atoms with E-state index in [1.807, 2.05) is 45.2 Å². The number of carbonyl (C=O) groups is 3. The van der Waals surface area contributed by atoms with E-state index in [0.29, 0.717) is 28.4 Å². The Kier molecular flexibility index (Phi) is 9.31. The molecule has 3 atom stereocenters. The van der Waals surface area contributed by atoms with Gasteiger partial charge in [0.2, 0.25) is 11.8 Å².